The summed E-state index contributed by atoms with van der Waals surface area (Å²) in [6.45, 7) is 4.16. The molecule has 2 aromatic heterocycles. The third-order valence-electron chi connectivity index (χ3n) is 3.76. The SMILES string of the molecule is CCN(CC1CCC1)c1nc(N)cn2ccnc12. The van der Waals surface area contributed by atoms with Crippen LogP contribution in [0, 0.1) is 5.92 Å². The van der Waals surface area contributed by atoms with E-state index in [2.05, 4.69) is 21.8 Å². The monoisotopic (exact) mass is 245 g/mol. The zero-order valence-corrected chi connectivity index (χ0v) is 10.7. The normalized spacial score (nSPS) is 15.8. The minimum atomic E-state index is 0.544. The molecule has 96 valence electrons. The van der Waals surface area contributed by atoms with Crippen molar-refractivity contribution in [2.75, 3.05) is 23.7 Å². The highest BCUT2D eigenvalue weighted by molar-refractivity contribution is 5.66. The summed E-state index contributed by atoms with van der Waals surface area (Å²) in [5.74, 6) is 2.26. The van der Waals surface area contributed by atoms with Gasteiger partial charge >= 0.3 is 0 Å². The highest BCUT2D eigenvalue weighted by atomic mass is 15.2. The maximum absolute atomic E-state index is 5.87. The number of rotatable bonds is 4. The summed E-state index contributed by atoms with van der Waals surface area (Å²) < 4.78 is 1.95. The van der Waals surface area contributed by atoms with Crippen LogP contribution in [-0.2, 0) is 0 Å². The minimum absolute atomic E-state index is 0.544. The summed E-state index contributed by atoms with van der Waals surface area (Å²) in [6, 6.07) is 0. The lowest BCUT2D eigenvalue weighted by Crippen LogP contribution is -2.33. The third-order valence-corrected chi connectivity index (χ3v) is 3.76. The molecule has 0 amide bonds. The van der Waals surface area contributed by atoms with Crippen molar-refractivity contribution in [3.05, 3.63) is 18.6 Å². The maximum atomic E-state index is 5.87. The molecule has 1 fully saturated rings. The predicted octanol–water partition coefficient (Wildman–Crippen LogP) is 1.94. The van der Waals surface area contributed by atoms with Crippen molar-refractivity contribution in [1.82, 2.24) is 14.4 Å². The number of aromatic nitrogens is 3. The minimum Gasteiger partial charge on any atom is -0.382 e. The highest BCUT2D eigenvalue weighted by Crippen LogP contribution is 2.29. The van der Waals surface area contributed by atoms with Gasteiger partial charge in [0.2, 0.25) is 0 Å². The number of nitrogens with zero attached hydrogens (tertiary/aromatic N) is 4. The van der Waals surface area contributed by atoms with E-state index in [1.807, 2.05) is 16.8 Å². The molecule has 0 atom stereocenters. The van der Waals surface area contributed by atoms with Crippen molar-refractivity contribution in [3.8, 4) is 0 Å². The number of nitrogen functional groups attached to an aromatic ring is 1. The average Bonchev–Trinajstić information content (AvgIpc) is 2.75. The van der Waals surface area contributed by atoms with Crippen LogP contribution in [0.3, 0.4) is 0 Å². The molecular formula is C13H19N5. The maximum Gasteiger partial charge on any atom is 0.180 e. The highest BCUT2D eigenvalue weighted by Gasteiger charge is 2.22. The average molecular weight is 245 g/mol. The number of nitrogens with two attached hydrogens (primary N) is 1. The van der Waals surface area contributed by atoms with E-state index < -0.39 is 0 Å². The number of hydrogen-bond acceptors (Lipinski definition) is 4. The van der Waals surface area contributed by atoms with Gasteiger partial charge in [0.1, 0.15) is 5.82 Å². The molecule has 5 heteroatoms. The summed E-state index contributed by atoms with van der Waals surface area (Å²) in [7, 11) is 0. The van der Waals surface area contributed by atoms with Crippen molar-refractivity contribution in [3.63, 3.8) is 0 Å². The molecule has 0 bridgehead atoms. The third kappa shape index (κ3) is 1.89. The molecule has 2 N–H and O–H groups in total. The van der Waals surface area contributed by atoms with E-state index in [4.69, 9.17) is 5.73 Å². The Balaban J connectivity index is 1.96. The lowest BCUT2D eigenvalue weighted by atomic mass is 9.85. The first-order chi connectivity index (χ1) is 8.78. The Labute approximate surface area is 107 Å². The van der Waals surface area contributed by atoms with Crippen LogP contribution in [0.25, 0.3) is 5.65 Å². The van der Waals surface area contributed by atoms with E-state index in [0.717, 1.165) is 30.5 Å². The quantitative estimate of drug-likeness (QED) is 0.894. The Morgan fingerprint density at radius 2 is 2.33 bits per heavy atom. The summed E-state index contributed by atoms with van der Waals surface area (Å²) in [6.07, 6.45) is 9.55. The van der Waals surface area contributed by atoms with Crippen LogP contribution >= 0.6 is 0 Å². The molecule has 0 aromatic carbocycles. The molecule has 0 radical (unpaired) electrons. The number of imidazole rings is 1. The van der Waals surface area contributed by atoms with E-state index in [1.165, 1.54) is 19.3 Å². The Morgan fingerprint density at radius 1 is 1.50 bits per heavy atom. The van der Waals surface area contributed by atoms with Crippen LogP contribution in [0.4, 0.5) is 11.6 Å². The smallest absolute Gasteiger partial charge is 0.180 e. The first-order valence-corrected chi connectivity index (χ1v) is 6.62. The van der Waals surface area contributed by atoms with Crippen molar-refractivity contribution >= 4 is 17.3 Å². The zero-order valence-electron chi connectivity index (χ0n) is 10.7. The van der Waals surface area contributed by atoms with Gasteiger partial charge in [-0.05, 0) is 25.7 Å². The standard InChI is InChI=1S/C13H19N5/c1-2-17(8-10-4-3-5-10)13-12-15-6-7-18(12)9-11(14)16-13/h6-7,9-10H,2-5,8,14H2,1H3. The fourth-order valence-electron chi connectivity index (χ4n) is 2.50. The predicted molar refractivity (Wildman–Crippen MR) is 72.6 cm³/mol. The van der Waals surface area contributed by atoms with Crippen molar-refractivity contribution < 1.29 is 0 Å². The number of hydrogen-bond donors (Lipinski definition) is 1. The van der Waals surface area contributed by atoms with Crippen LogP contribution in [0.1, 0.15) is 26.2 Å². The molecule has 0 saturated heterocycles. The first kappa shape index (κ1) is 11.3. The van der Waals surface area contributed by atoms with E-state index in [1.54, 1.807) is 6.20 Å². The van der Waals surface area contributed by atoms with Crippen LogP contribution in [0.5, 0.6) is 0 Å². The molecule has 18 heavy (non-hydrogen) atoms. The van der Waals surface area contributed by atoms with Gasteiger partial charge in [-0.2, -0.15) is 0 Å². The Kier molecular flexibility index (Phi) is 2.81. The van der Waals surface area contributed by atoms with Gasteiger partial charge in [0.25, 0.3) is 0 Å². The molecule has 2 aromatic rings. The van der Waals surface area contributed by atoms with Crippen LogP contribution in [0.15, 0.2) is 18.6 Å². The Bertz CT molecular complexity index is 543. The van der Waals surface area contributed by atoms with Gasteiger partial charge in [-0.3, -0.25) is 0 Å². The van der Waals surface area contributed by atoms with Gasteiger partial charge in [0, 0.05) is 25.5 Å². The van der Waals surface area contributed by atoms with Gasteiger partial charge in [-0.25, -0.2) is 9.97 Å². The van der Waals surface area contributed by atoms with Gasteiger partial charge in [0.05, 0.1) is 6.20 Å². The van der Waals surface area contributed by atoms with Crippen LogP contribution < -0.4 is 10.6 Å². The van der Waals surface area contributed by atoms with E-state index in [-0.39, 0.29) is 0 Å². The molecule has 0 aliphatic heterocycles. The largest absolute Gasteiger partial charge is 0.382 e. The van der Waals surface area contributed by atoms with Gasteiger partial charge in [0.15, 0.2) is 11.5 Å². The second-order valence-corrected chi connectivity index (χ2v) is 4.98. The lowest BCUT2D eigenvalue weighted by Gasteiger charge is -2.32. The topological polar surface area (TPSA) is 59.5 Å². The van der Waals surface area contributed by atoms with Crippen molar-refractivity contribution in [2.24, 2.45) is 5.92 Å². The van der Waals surface area contributed by atoms with Gasteiger partial charge in [-0.1, -0.05) is 6.42 Å². The molecule has 0 unspecified atom stereocenters. The molecule has 1 saturated carbocycles. The Morgan fingerprint density at radius 3 is 3.00 bits per heavy atom. The second kappa shape index (κ2) is 4.48. The summed E-state index contributed by atoms with van der Waals surface area (Å²) in [5.41, 5.74) is 6.76. The van der Waals surface area contributed by atoms with E-state index >= 15 is 0 Å². The number of fused-ring (bicyclic) bond motifs is 1. The molecule has 0 spiro atoms. The van der Waals surface area contributed by atoms with E-state index in [9.17, 15) is 0 Å². The fraction of sp³-hybridized carbons (Fsp3) is 0.538. The number of anilines is 2. The second-order valence-electron chi connectivity index (χ2n) is 4.98. The van der Waals surface area contributed by atoms with E-state index in [0.29, 0.717) is 5.82 Å². The zero-order chi connectivity index (χ0) is 12.5. The van der Waals surface area contributed by atoms with Crippen molar-refractivity contribution in [1.29, 1.82) is 0 Å². The first-order valence-electron chi connectivity index (χ1n) is 6.62. The summed E-state index contributed by atoms with van der Waals surface area (Å²) in [5, 5.41) is 0. The molecule has 1 aliphatic rings. The summed E-state index contributed by atoms with van der Waals surface area (Å²) >= 11 is 0. The van der Waals surface area contributed by atoms with Gasteiger partial charge < -0.3 is 15.0 Å². The van der Waals surface area contributed by atoms with Crippen molar-refractivity contribution in [2.45, 2.75) is 26.2 Å². The molecular weight excluding hydrogens is 226 g/mol. The summed E-state index contributed by atoms with van der Waals surface area (Å²) in [4.78, 5) is 11.2. The molecule has 2 heterocycles. The molecule has 5 nitrogen and oxygen atoms in total. The molecule has 3 rings (SSSR count). The lowest BCUT2D eigenvalue weighted by molar-refractivity contribution is 0.318. The molecule has 1 aliphatic carbocycles. The Hall–Kier alpha value is -1.78. The van der Waals surface area contributed by atoms with Crippen LogP contribution in [0.2, 0.25) is 0 Å². The van der Waals surface area contributed by atoms with Crippen LogP contribution in [-0.4, -0.2) is 27.5 Å². The van der Waals surface area contributed by atoms with Gasteiger partial charge in [-0.15, -0.1) is 0 Å². The fourth-order valence-corrected chi connectivity index (χ4v) is 2.50.